The van der Waals surface area contributed by atoms with Gasteiger partial charge in [-0.2, -0.15) is 0 Å². The number of hydrogen-bond acceptors (Lipinski definition) is 7. The van der Waals surface area contributed by atoms with Crippen LogP contribution < -0.4 is 5.32 Å². The molecule has 3 aromatic heterocycles. The second-order valence-corrected chi connectivity index (χ2v) is 7.99. The number of fused-ring (bicyclic) bond motifs is 1. The van der Waals surface area contributed by atoms with Gasteiger partial charge in [0.1, 0.15) is 22.1 Å². The van der Waals surface area contributed by atoms with E-state index in [1.54, 1.807) is 32.2 Å². The number of nitrogens with one attached hydrogen (secondary N) is 1. The van der Waals surface area contributed by atoms with Crippen LogP contribution in [0.15, 0.2) is 31.0 Å². The zero-order valence-electron chi connectivity index (χ0n) is 18.5. The summed E-state index contributed by atoms with van der Waals surface area (Å²) in [5.41, 5.74) is 3.60. The van der Waals surface area contributed by atoms with Gasteiger partial charge in [-0.3, -0.25) is 4.79 Å². The Morgan fingerprint density at radius 2 is 1.94 bits per heavy atom. The molecule has 168 valence electrons. The Balaban J connectivity index is 1.97. The Kier molecular flexibility index (Phi) is 7.09. The van der Waals surface area contributed by atoms with E-state index in [4.69, 9.17) is 9.47 Å². The van der Waals surface area contributed by atoms with Crippen LogP contribution in [0.25, 0.3) is 5.65 Å². The van der Waals surface area contributed by atoms with Gasteiger partial charge in [-0.15, -0.1) is 11.3 Å². The Morgan fingerprint density at radius 1 is 1.19 bits per heavy atom. The highest BCUT2D eigenvalue weighted by Gasteiger charge is 2.27. The lowest BCUT2D eigenvalue weighted by atomic mass is 10.1. The molecule has 1 amide bonds. The minimum atomic E-state index is -0.618. The van der Waals surface area contributed by atoms with Crippen molar-refractivity contribution in [1.29, 1.82) is 0 Å². The lowest BCUT2D eigenvalue weighted by Gasteiger charge is -2.08. The van der Waals surface area contributed by atoms with Gasteiger partial charge in [0.05, 0.1) is 23.4 Å². The second kappa shape index (κ2) is 9.78. The molecule has 0 aliphatic heterocycles. The fraction of sp³-hybridized carbons (Fsp3) is 0.304. The number of hydrogen-bond donors (Lipinski definition) is 1. The molecule has 3 aromatic rings. The summed E-state index contributed by atoms with van der Waals surface area (Å²) >= 11 is 0.976. The number of imidazole rings is 1. The molecule has 0 unspecified atom stereocenters. The number of amides is 1. The maximum Gasteiger partial charge on any atom is 0.348 e. The summed E-state index contributed by atoms with van der Waals surface area (Å²) in [5, 5.41) is 2.99. The first kappa shape index (κ1) is 23.2. The lowest BCUT2D eigenvalue weighted by molar-refractivity contribution is 0.0527. The Bertz CT molecular complexity index is 1210. The molecule has 0 aromatic carbocycles. The fourth-order valence-electron chi connectivity index (χ4n) is 3.30. The number of ether oxygens (including phenoxy) is 2. The summed E-state index contributed by atoms with van der Waals surface area (Å²) in [6.07, 6.45) is 3.95. The van der Waals surface area contributed by atoms with E-state index in [1.165, 1.54) is 6.08 Å². The van der Waals surface area contributed by atoms with Crippen molar-refractivity contribution < 1.29 is 23.9 Å². The molecule has 0 aliphatic carbocycles. The molecule has 0 bridgehead atoms. The predicted molar refractivity (Wildman–Crippen MR) is 123 cm³/mol. The van der Waals surface area contributed by atoms with Crippen molar-refractivity contribution in [3.63, 3.8) is 0 Å². The van der Waals surface area contributed by atoms with Crippen molar-refractivity contribution in [3.8, 4) is 0 Å². The van der Waals surface area contributed by atoms with E-state index < -0.39 is 17.8 Å². The van der Waals surface area contributed by atoms with Gasteiger partial charge in [0.2, 0.25) is 0 Å². The first-order valence-electron chi connectivity index (χ1n) is 10.2. The SMILES string of the molecule is C=CCOC(=O)c1sc(NC(=O)c2ccc3nc(CC)c(C)n3c2)c(C(=O)OCC)c1C. The van der Waals surface area contributed by atoms with Crippen molar-refractivity contribution >= 4 is 39.8 Å². The maximum absolute atomic E-state index is 13.0. The Morgan fingerprint density at radius 3 is 2.59 bits per heavy atom. The monoisotopic (exact) mass is 455 g/mol. The number of thiophene rings is 1. The van der Waals surface area contributed by atoms with Crippen LogP contribution in [0.4, 0.5) is 5.00 Å². The van der Waals surface area contributed by atoms with E-state index in [2.05, 4.69) is 16.9 Å². The number of esters is 2. The first-order valence-corrected chi connectivity index (χ1v) is 11.0. The minimum absolute atomic E-state index is 0.0383. The zero-order chi connectivity index (χ0) is 23.4. The molecule has 32 heavy (non-hydrogen) atoms. The summed E-state index contributed by atoms with van der Waals surface area (Å²) in [6.45, 7) is 11.0. The van der Waals surface area contributed by atoms with Crippen LogP contribution in [0, 0.1) is 13.8 Å². The van der Waals surface area contributed by atoms with Gasteiger partial charge >= 0.3 is 11.9 Å². The van der Waals surface area contributed by atoms with Crippen molar-refractivity contribution in [1.82, 2.24) is 9.38 Å². The number of aromatic nitrogens is 2. The highest BCUT2D eigenvalue weighted by molar-refractivity contribution is 7.18. The van der Waals surface area contributed by atoms with Gasteiger partial charge in [0.25, 0.3) is 5.91 Å². The van der Waals surface area contributed by atoms with E-state index in [9.17, 15) is 14.4 Å². The van der Waals surface area contributed by atoms with E-state index in [0.717, 1.165) is 34.8 Å². The van der Waals surface area contributed by atoms with Gasteiger partial charge in [-0.1, -0.05) is 19.6 Å². The largest absolute Gasteiger partial charge is 0.462 e. The van der Waals surface area contributed by atoms with Crippen LogP contribution in [0.1, 0.15) is 61.2 Å². The lowest BCUT2D eigenvalue weighted by Crippen LogP contribution is -2.15. The third-order valence-electron chi connectivity index (χ3n) is 4.92. The predicted octanol–water partition coefficient (Wildman–Crippen LogP) is 4.35. The number of rotatable bonds is 8. The fourth-order valence-corrected chi connectivity index (χ4v) is 4.38. The quantitative estimate of drug-likeness (QED) is 0.401. The smallest absolute Gasteiger partial charge is 0.348 e. The van der Waals surface area contributed by atoms with E-state index in [1.807, 2.05) is 18.2 Å². The molecule has 8 nitrogen and oxygen atoms in total. The van der Waals surface area contributed by atoms with Crippen molar-refractivity contribution in [2.24, 2.45) is 0 Å². The molecule has 0 radical (unpaired) electrons. The number of aryl methyl sites for hydroxylation is 2. The standard InChI is InChI=1S/C23H25N3O5S/c1-6-11-31-23(29)19-13(4)18(22(28)30-8-3)21(32-19)25-20(27)15-9-10-17-24-16(7-2)14(5)26(17)12-15/h6,9-10,12H,1,7-8,11H2,2-5H3,(H,25,27). The van der Waals surface area contributed by atoms with Gasteiger partial charge in [0.15, 0.2) is 0 Å². The van der Waals surface area contributed by atoms with E-state index in [-0.39, 0.29) is 28.7 Å². The zero-order valence-corrected chi connectivity index (χ0v) is 19.3. The van der Waals surface area contributed by atoms with E-state index >= 15 is 0 Å². The normalized spacial score (nSPS) is 10.8. The Labute approximate surface area is 189 Å². The van der Waals surface area contributed by atoms with E-state index in [0.29, 0.717) is 11.1 Å². The molecule has 0 saturated heterocycles. The molecular formula is C23H25N3O5S. The summed E-state index contributed by atoms with van der Waals surface area (Å²) in [5.74, 6) is -1.63. The second-order valence-electron chi connectivity index (χ2n) is 6.97. The van der Waals surface area contributed by atoms with Crippen molar-refractivity contribution in [3.05, 3.63) is 63.9 Å². The van der Waals surface area contributed by atoms with Crippen molar-refractivity contribution in [2.75, 3.05) is 18.5 Å². The third kappa shape index (κ3) is 4.43. The molecule has 0 aliphatic rings. The molecule has 0 spiro atoms. The number of carbonyl (C=O) groups is 3. The summed E-state index contributed by atoms with van der Waals surface area (Å²) < 4.78 is 12.1. The van der Waals surface area contributed by atoms with Gasteiger partial charge in [0, 0.05) is 11.9 Å². The van der Waals surface area contributed by atoms with Crippen LogP contribution in [0.5, 0.6) is 0 Å². The molecule has 1 N–H and O–H groups in total. The van der Waals surface area contributed by atoms with Crippen LogP contribution in [-0.4, -0.2) is 40.4 Å². The molecular weight excluding hydrogens is 430 g/mol. The number of anilines is 1. The van der Waals surface area contributed by atoms with Crippen molar-refractivity contribution in [2.45, 2.75) is 34.1 Å². The van der Waals surface area contributed by atoms with Crippen LogP contribution >= 0.6 is 11.3 Å². The van der Waals surface area contributed by atoms with Gasteiger partial charge in [-0.05, 0) is 44.9 Å². The number of nitrogens with zero attached hydrogens (tertiary/aromatic N) is 2. The first-order chi connectivity index (χ1) is 15.3. The summed E-state index contributed by atoms with van der Waals surface area (Å²) in [6, 6.07) is 3.44. The average Bonchev–Trinajstić information content (AvgIpc) is 3.28. The summed E-state index contributed by atoms with van der Waals surface area (Å²) in [4.78, 5) is 42.8. The topological polar surface area (TPSA) is 99.0 Å². The number of carbonyl (C=O) groups excluding carboxylic acids is 3. The van der Waals surface area contributed by atoms with Gasteiger partial charge in [-0.25, -0.2) is 14.6 Å². The highest BCUT2D eigenvalue weighted by atomic mass is 32.1. The molecule has 3 heterocycles. The highest BCUT2D eigenvalue weighted by Crippen LogP contribution is 2.34. The average molecular weight is 456 g/mol. The van der Waals surface area contributed by atoms with Crippen LogP contribution in [0.3, 0.4) is 0 Å². The molecule has 0 atom stereocenters. The molecule has 9 heteroatoms. The molecule has 0 fully saturated rings. The van der Waals surface area contributed by atoms with Crippen LogP contribution in [0.2, 0.25) is 0 Å². The minimum Gasteiger partial charge on any atom is -0.462 e. The third-order valence-corrected chi connectivity index (χ3v) is 6.11. The van der Waals surface area contributed by atoms with Crippen LogP contribution in [-0.2, 0) is 15.9 Å². The maximum atomic E-state index is 13.0. The number of pyridine rings is 1. The molecule has 0 saturated carbocycles. The summed E-state index contributed by atoms with van der Waals surface area (Å²) in [7, 11) is 0. The van der Waals surface area contributed by atoms with Gasteiger partial charge < -0.3 is 19.2 Å². The molecule has 3 rings (SSSR count). The Hall–Kier alpha value is -3.46.